The largest absolute Gasteiger partial charge is 0.394 e. The number of aliphatic hydroxyl groups is 8. The molecule has 2 aliphatic rings. The minimum atomic E-state index is -1.79. The SMILES string of the molecule is CCCCCCCCCCCCCCC/C=C/CC/C=C/CC/C=C/C(O)C(COC1OC(CO)C(OC2OC(CO)C(O)C(O)C2O)C(O)C1O)NC(=O)CCCCCCCCCCCCCCCCCCCCCCCCCCCC. The first-order valence-corrected chi connectivity index (χ1v) is 34.7. The molecule has 1 amide bonds. The third kappa shape index (κ3) is 39.0. The molecular weight excluding hydrogens is 1050 g/mol. The zero-order chi connectivity index (χ0) is 60.2. The Morgan fingerprint density at radius 1 is 0.422 bits per heavy atom. The molecule has 0 radical (unpaired) electrons. The van der Waals surface area contributed by atoms with E-state index in [1.165, 1.54) is 225 Å². The number of carbonyl (C=O) groups is 1. The van der Waals surface area contributed by atoms with Crippen molar-refractivity contribution >= 4 is 5.91 Å². The highest BCUT2D eigenvalue weighted by molar-refractivity contribution is 5.76. The van der Waals surface area contributed by atoms with Gasteiger partial charge in [-0.05, 0) is 44.9 Å². The Morgan fingerprint density at radius 3 is 1.18 bits per heavy atom. The summed E-state index contributed by atoms with van der Waals surface area (Å²) in [7, 11) is 0. The normalized spacial score (nSPS) is 24.0. The van der Waals surface area contributed by atoms with E-state index >= 15 is 0 Å². The Labute approximate surface area is 506 Å². The summed E-state index contributed by atoms with van der Waals surface area (Å²) < 4.78 is 22.8. The number of nitrogens with one attached hydrogen (secondary N) is 1. The maximum absolute atomic E-state index is 13.3. The van der Waals surface area contributed by atoms with Gasteiger partial charge in [0.1, 0.15) is 48.8 Å². The third-order valence-electron chi connectivity index (χ3n) is 17.1. The van der Waals surface area contributed by atoms with Crippen molar-refractivity contribution < 1.29 is 64.6 Å². The lowest BCUT2D eigenvalue weighted by Crippen LogP contribution is -2.65. The summed E-state index contributed by atoms with van der Waals surface area (Å²) >= 11 is 0. The predicted octanol–water partition coefficient (Wildman–Crippen LogP) is 13.7. The molecule has 0 aromatic rings. The van der Waals surface area contributed by atoms with Crippen molar-refractivity contribution in [2.45, 2.75) is 376 Å². The van der Waals surface area contributed by atoms with Crippen LogP contribution in [0.15, 0.2) is 36.5 Å². The van der Waals surface area contributed by atoms with Crippen LogP contribution in [-0.4, -0.2) is 140 Å². The second-order valence-corrected chi connectivity index (χ2v) is 24.6. The fourth-order valence-corrected chi connectivity index (χ4v) is 11.5. The fraction of sp³-hybridized carbons (Fsp3) is 0.899. The van der Waals surface area contributed by atoms with Crippen molar-refractivity contribution in [3.05, 3.63) is 36.5 Å². The van der Waals surface area contributed by atoms with Gasteiger partial charge in [-0.25, -0.2) is 0 Å². The second-order valence-electron chi connectivity index (χ2n) is 24.6. The van der Waals surface area contributed by atoms with E-state index in [9.17, 15) is 45.6 Å². The van der Waals surface area contributed by atoms with Gasteiger partial charge in [-0.1, -0.05) is 288 Å². The van der Waals surface area contributed by atoms with E-state index in [0.717, 1.165) is 44.9 Å². The average Bonchev–Trinajstić information content (AvgIpc) is 3.65. The van der Waals surface area contributed by atoms with Crippen LogP contribution in [0.5, 0.6) is 0 Å². The van der Waals surface area contributed by atoms with E-state index in [1.54, 1.807) is 6.08 Å². The van der Waals surface area contributed by atoms with Gasteiger partial charge in [0.15, 0.2) is 12.6 Å². The van der Waals surface area contributed by atoms with Crippen molar-refractivity contribution in [3.63, 3.8) is 0 Å². The lowest BCUT2D eigenvalue weighted by Gasteiger charge is -2.46. The minimum absolute atomic E-state index is 0.247. The summed E-state index contributed by atoms with van der Waals surface area (Å²) in [6.45, 7) is 2.82. The van der Waals surface area contributed by atoms with Gasteiger partial charge in [0.2, 0.25) is 5.91 Å². The number of aliphatic hydroxyl groups excluding tert-OH is 8. The topological polar surface area (TPSA) is 228 Å². The van der Waals surface area contributed by atoms with Crippen molar-refractivity contribution in [3.8, 4) is 0 Å². The summed E-state index contributed by atoms with van der Waals surface area (Å²) in [4.78, 5) is 13.3. The van der Waals surface area contributed by atoms with Gasteiger partial charge >= 0.3 is 0 Å². The minimum Gasteiger partial charge on any atom is -0.394 e. The van der Waals surface area contributed by atoms with Crippen LogP contribution in [0.2, 0.25) is 0 Å². The Morgan fingerprint density at radius 2 is 0.771 bits per heavy atom. The fourth-order valence-electron chi connectivity index (χ4n) is 11.5. The van der Waals surface area contributed by atoms with Crippen molar-refractivity contribution in [2.24, 2.45) is 0 Å². The zero-order valence-corrected chi connectivity index (χ0v) is 53.0. The summed E-state index contributed by atoms with van der Waals surface area (Å²) in [6, 6.07) is -0.937. The molecule has 0 aromatic carbocycles. The van der Waals surface area contributed by atoms with E-state index in [4.69, 9.17) is 18.9 Å². The number of rotatable bonds is 57. The molecule has 0 bridgehead atoms. The van der Waals surface area contributed by atoms with Crippen molar-refractivity contribution in [2.75, 3.05) is 19.8 Å². The highest BCUT2D eigenvalue weighted by Crippen LogP contribution is 2.30. The Balaban J connectivity index is 1.71. The Hall–Kier alpha value is -1.79. The average molecular weight is 1180 g/mol. The van der Waals surface area contributed by atoms with Crippen molar-refractivity contribution in [1.29, 1.82) is 0 Å². The molecule has 12 unspecified atom stereocenters. The molecule has 14 heteroatoms. The van der Waals surface area contributed by atoms with Crippen LogP contribution >= 0.6 is 0 Å². The number of hydrogen-bond donors (Lipinski definition) is 9. The molecule has 9 N–H and O–H groups in total. The molecule has 2 rings (SSSR count). The molecule has 2 aliphatic heterocycles. The van der Waals surface area contributed by atoms with Gasteiger partial charge < -0.3 is 65.1 Å². The van der Waals surface area contributed by atoms with Gasteiger partial charge in [0.25, 0.3) is 0 Å². The molecule has 0 aromatic heterocycles. The molecule has 83 heavy (non-hydrogen) atoms. The Kier molecular flexibility index (Phi) is 50.6. The molecule has 2 saturated heterocycles. The first-order chi connectivity index (χ1) is 40.6. The van der Waals surface area contributed by atoms with Gasteiger partial charge in [-0.2, -0.15) is 0 Å². The molecule has 2 heterocycles. The smallest absolute Gasteiger partial charge is 0.220 e. The number of allylic oxidation sites excluding steroid dienone is 5. The molecular formula is C69H129NO13. The van der Waals surface area contributed by atoms with Crippen LogP contribution in [0.4, 0.5) is 0 Å². The molecule has 14 nitrogen and oxygen atoms in total. The third-order valence-corrected chi connectivity index (χ3v) is 17.1. The summed E-state index contributed by atoms with van der Waals surface area (Å²) in [5.41, 5.74) is 0. The van der Waals surface area contributed by atoms with E-state index < -0.39 is 86.8 Å². The van der Waals surface area contributed by atoms with Gasteiger partial charge in [0.05, 0.1) is 32.0 Å². The maximum atomic E-state index is 13.3. The van der Waals surface area contributed by atoms with E-state index in [-0.39, 0.29) is 18.9 Å². The van der Waals surface area contributed by atoms with Crippen molar-refractivity contribution in [1.82, 2.24) is 5.32 Å². The first-order valence-electron chi connectivity index (χ1n) is 34.7. The van der Waals surface area contributed by atoms with Crippen LogP contribution in [-0.2, 0) is 23.7 Å². The highest BCUT2D eigenvalue weighted by atomic mass is 16.7. The first kappa shape index (κ1) is 77.3. The van der Waals surface area contributed by atoms with Crippen LogP contribution < -0.4 is 5.32 Å². The van der Waals surface area contributed by atoms with Gasteiger partial charge in [0, 0.05) is 6.42 Å². The standard InChI is InChI=1S/C69H129NO13/c1-3-5-7-9-11-13-15-17-19-21-23-25-27-28-29-31-33-35-37-39-41-43-45-47-49-51-53-61(74)70-57(56-80-68-66(79)64(77)67(60(55-72)82-68)83-69-65(78)63(76)62(75)59(54-71)81-69)58(73)52-50-48-46-44-42-40-38-36-34-32-30-26-24-22-20-18-16-14-12-10-8-6-4-2/h34,36,42,44,50,52,57-60,62-69,71-73,75-79H,3-33,35,37-41,43,45-49,51,53-56H2,1-2H3,(H,70,74)/b36-34+,44-42+,52-50+. The molecule has 0 saturated carbocycles. The number of unbranched alkanes of at least 4 members (excludes halogenated alkanes) is 40. The molecule has 0 aliphatic carbocycles. The maximum Gasteiger partial charge on any atom is 0.220 e. The number of amides is 1. The van der Waals surface area contributed by atoms with Crippen LogP contribution in [0.1, 0.15) is 303 Å². The van der Waals surface area contributed by atoms with E-state index in [2.05, 4.69) is 43.5 Å². The van der Waals surface area contributed by atoms with Gasteiger partial charge in [-0.3, -0.25) is 4.79 Å². The Bertz CT molecular complexity index is 1530. The lowest BCUT2D eigenvalue weighted by atomic mass is 9.97. The van der Waals surface area contributed by atoms with Crippen LogP contribution in [0.25, 0.3) is 0 Å². The van der Waals surface area contributed by atoms with E-state index in [1.807, 2.05) is 6.08 Å². The van der Waals surface area contributed by atoms with Gasteiger partial charge in [-0.15, -0.1) is 0 Å². The molecule has 12 atom stereocenters. The second kappa shape index (κ2) is 54.4. The number of carbonyl (C=O) groups excluding carboxylic acids is 1. The molecule has 0 spiro atoms. The number of hydrogen-bond acceptors (Lipinski definition) is 13. The molecule has 488 valence electrons. The summed E-state index contributed by atoms with van der Waals surface area (Å²) in [5.74, 6) is -0.247. The monoisotopic (exact) mass is 1180 g/mol. The van der Waals surface area contributed by atoms with Crippen LogP contribution in [0, 0.1) is 0 Å². The quantitative estimate of drug-likeness (QED) is 0.0204. The predicted molar refractivity (Wildman–Crippen MR) is 337 cm³/mol. The summed E-state index contributed by atoms with van der Waals surface area (Å²) in [5, 5.41) is 87.4. The van der Waals surface area contributed by atoms with Crippen LogP contribution in [0.3, 0.4) is 0 Å². The lowest BCUT2D eigenvalue weighted by molar-refractivity contribution is -0.359. The number of ether oxygens (including phenoxy) is 4. The molecule has 2 fully saturated rings. The zero-order valence-electron chi connectivity index (χ0n) is 53.0. The van der Waals surface area contributed by atoms with E-state index in [0.29, 0.717) is 12.8 Å². The summed E-state index contributed by atoms with van der Waals surface area (Å²) in [6.07, 6.45) is 52.0. The highest BCUT2D eigenvalue weighted by Gasteiger charge is 2.51.